The minimum Gasteiger partial charge on any atom is -0.468 e. The van der Waals surface area contributed by atoms with Gasteiger partial charge in [0.2, 0.25) is 21.8 Å². The molecule has 4 atom stereocenters. The zero-order valence-corrected chi connectivity index (χ0v) is 21.4. The second-order valence-electron chi connectivity index (χ2n) is 9.09. The fraction of sp³-hybridized carbons (Fsp3) is 0.423. The highest BCUT2D eigenvalue weighted by molar-refractivity contribution is 7.89. The van der Waals surface area contributed by atoms with Crippen molar-refractivity contribution in [3.63, 3.8) is 0 Å². The minimum absolute atomic E-state index is 0.0775. The molecule has 2 aliphatic heterocycles. The molecule has 0 saturated carbocycles. The van der Waals surface area contributed by atoms with Crippen LogP contribution < -0.4 is 5.32 Å². The molecular weight excluding hydrogens is 482 g/mol. The van der Waals surface area contributed by atoms with Crippen LogP contribution in [0.25, 0.3) is 0 Å². The van der Waals surface area contributed by atoms with Crippen LogP contribution in [0.1, 0.15) is 25.8 Å². The van der Waals surface area contributed by atoms with E-state index < -0.39 is 51.2 Å². The maximum absolute atomic E-state index is 13.7. The molecule has 0 aliphatic carbocycles. The Balaban J connectivity index is 1.71. The Hall–Kier alpha value is -3.08. The first-order valence-corrected chi connectivity index (χ1v) is 13.5. The standard InChI is InChI=1S/C26H31N3O6S/c1-4-26(25(32)35-3)22-21(23(30)29(24(22)31)16-18-12-8-6-9-13-18)20(27-26)17-28(5-2)36(33,34)19-14-10-7-11-15-19/h6-15,20-22,27H,4-5,16-17H2,1-3H3/t20-,21+,22-,26-/m1/s1. The van der Waals surface area contributed by atoms with Crippen molar-refractivity contribution in [3.8, 4) is 0 Å². The quantitative estimate of drug-likeness (QED) is 0.402. The van der Waals surface area contributed by atoms with Gasteiger partial charge in [-0.15, -0.1) is 0 Å². The number of carbonyl (C=O) groups excluding carboxylic acids is 3. The van der Waals surface area contributed by atoms with Gasteiger partial charge in [-0.05, 0) is 24.1 Å². The van der Waals surface area contributed by atoms with Gasteiger partial charge in [-0.25, -0.2) is 8.42 Å². The molecule has 2 heterocycles. The Labute approximate surface area is 211 Å². The Bertz CT molecular complexity index is 1240. The third kappa shape index (κ3) is 4.23. The first-order valence-electron chi connectivity index (χ1n) is 12.0. The number of fused-ring (bicyclic) bond motifs is 1. The Kier molecular flexibility index (Phi) is 7.31. The maximum atomic E-state index is 13.7. The van der Waals surface area contributed by atoms with E-state index in [0.717, 1.165) is 5.56 Å². The van der Waals surface area contributed by atoms with Gasteiger partial charge < -0.3 is 4.74 Å². The molecule has 0 radical (unpaired) electrons. The van der Waals surface area contributed by atoms with Crippen LogP contribution in [0, 0.1) is 11.8 Å². The highest BCUT2D eigenvalue weighted by atomic mass is 32.2. The van der Waals surface area contributed by atoms with Gasteiger partial charge in [-0.1, -0.05) is 62.4 Å². The summed E-state index contributed by atoms with van der Waals surface area (Å²) in [5.74, 6) is -3.41. The summed E-state index contributed by atoms with van der Waals surface area (Å²) in [5.41, 5.74) is -0.649. The van der Waals surface area contributed by atoms with E-state index in [1.807, 2.05) is 30.3 Å². The van der Waals surface area contributed by atoms with Crippen molar-refractivity contribution in [2.24, 2.45) is 11.8 Å². The molecule has 2 aromatic rings. The van der Waals surface area contributed by atoms with Gasteiger partial charge in [0.15, 0.2) is 0 Å². The largest absolute Gasteiger partial charge is 0.468 e. The number of amides is 2. The molecule has 0 spiro atoms. The van der Waals surface area contributed by atoms with Crippen molar-refractivity contribution in [2.45, 2.75) is 43.3 Å². The van der Waals surface area contributed by atoms with Crippen molar-refractivity contribution < 1.29 is 27.5 Å². The lowest BCUT2D eigenvalue weighted by atomic mass is 9.78. The van der Waals surface area contributed by atoms with Crippen LogP contribution in [0.5, 0.6) is 0 Å². The van der Waals surface area contributed by atoms with Crippen LogP contribution in [0.3, 0.4) is 0 Å². The van der Waals surface area contributed by atoms with E-state index >= 15 is 0 Å². The molecule has 0 bridgehead atoms. The number of hydrogen-bond acceptors (Lipinski definition) is 7. The maximum Gasteiger partial charge on any atom is 0.326 e. The summed E-state index contributed by atoms with van der Waals surface area (Å²) < 4.78 is 33.1. The van der Waals surface area contributed by atoms with Crippen LogP contribution in [0.15, 0.2) is 65.6 Å². The molecule has 10 heteroatoms. The van der Waals surface area contributed by atoms with Crippen LogP contribution in [0.2, 0.25) is 0 Å². The average Bonchev–Trinajstić information content (AvgIpc) is 3.37. The first kappa shape index (κ1) is 26.0. The summed E-state index contributed by atoms with van der Waals surface area (Å²) in [6, 6.07) is 16.4. The highest BCUT2D eigenvalue weighted by Gasteiger charge is 2.68. The Morgan fingerprint density at radius 2 is 1.64 bits per heavy atom. The molecule has 36 heavy (non-hydrogen) atoms. The van der Waals surface area contributed by atoms with E-state index in [1.54, 1.807) is 32.0 Å². The fourth-order valence-corrected chi connectivity index (χ4v) is 6.95. The number of nitrogens with one attached hydrogen (secondary N) is 1. The van der Waals surface area contributed by atoms with Gasteiger partial charge in [0.05, 0.1) is 30.4 Å². The van der Waals surface area contributed by atoms with Gasteiger partial charge in [0.1, 0.15) is 5.54 Å². The second kappa shape index (κ2) is 10.1. The number of ether oxygens (including phenoxy) is 1. The number of carbonyl (C=O) groups is 3. The smallest absolute Gasteiger partial charge is 0.326 e. The number of sulfonamides is 1. The minimum atomic E-state index is -3.86. The van der Waals surface area contributed by atoms with Gasteiger partial charge in [0.25, 0.3) is 0 Å². The monoisotopic (exact) mass is 513 g/mol. The SMILES string of the molecule is CCN(C[C@H]1N[C@@](CC)(C(=O)OC)[C@H]2C(=O)N(Cc3ccccc3)C(=O)[C@@H]12)S(=O)(=O)c1ccccc1. The first-order chi connectivity index (χ1) is 17.2. The van der Waals surface area contributed by atoms with Crippen molar-refractivity contribution in [2.75, 3.05) is 20.2 Å². The molecule has 0 aromatic heterocycles. The third-order valence-corrected chi connectivity index (χ3v) is 9.23. The van der Waals surface area contributed by atoms with E-state index in [4.69, 9.17) is 4.74 Å². The average molecular weight is 514 g/mol. The third-order valence-electron chi connectivity index (χ3n) is 7.27. The van der Waals surface area contributed by atoms with Gasteiger partial charge >= 0.3 is 5.97 Å². The summed E-state index contributed by atoms with van der Waals surface area (Å²) >= 11 is 0. The van der Waals surface area contributed by atoms with Crippen LogP contribution in [0.4, 0.5) is 0 Å². The van der Waals surface area contributed by atoms with Gasteiger partial charge in [-0.2, -0.15) is 4.31 Å². The molecule has 9 nitrogen and oxygen atoms in total. The summed E-state index contributed by atoms with van der Waals surface area (Å²) in [7, 11) is -2.62. The number of hydrogen-bond donors (Lipinski definition) is 1. The zero-order valence-electron chi connectivity index (χ0n) is 20.6. The Morgan fingerprint density at radius 3 is 2.19 bits per heavy atom. The zero-order chi connectivity index (χ0) is 26.1. The normalized spacial score (nSPS) is 25.9. The van der Waals surface area contributed by atoms with Crippen molar-refractivity contribution in [3.05, 3.63) is 66.2 Å². The van der Waals surface area contributed by atoms with Crippen LogP contribution in [-0.2, 0) is 35.7 Å². The highest BCUT2D eigenvalue weighted by Crippen LogP contribution is 2.46. The molecular formula is C26H31N3O6S. The number of likely N-dealkylation sites (tertiary alicyclic amines) is 1. The fourth-order valence-electron chi connectivity index (χ4n) is 5.46. The lowest BCUT2D eigenvalue weighted by Crippen LogP contribution is -2.58. The molecule has 192 valence electrons. The molecule has 2 amide bonds. The van der Waals surface area contributed by atoms with Crippen LogP contribution in [-0.4, -0.2) is 67.2 Å². The number of methoxy groups -OCH3 is 1. The van der Waals surface area contributed by atoms with Gasteiger partial charge in [0, 0.05) is 19.1 Å². The molecule has 2 aliphatic rings. The predicted molar refractivity (Wildman–Crippen MR) is 132 cm³/mol. The van der Waals surface area contributed by atoms with E-state index in [2.05, 4.69) is 5.32 Å². The Morgan fingerprint density at radius 1 is 1.03 bits per heavy atom. The summed E-state index contributed by atoms with van der Waals surface area (Å²) in [6.07, 6.45) is 0.201. The lowest BCUT2D eigenvalue weighted by molar-refractivity contribution is -0.154. The van der Waals surface area contributed by atoms with E-state index in [9.17, 15) is 22.8 Å². The number of esters is 1. The summed E-state index contributed by atoms with van der Waals surface area (Å²) in [4.78, 5) is 41.7. The summed E-state index contributed by atoms with van der Waals surface area (Å²) in [5, 5.41) is 3.19. The van der Waals surface area contributed by atoms with Crippen molar-refractivity contribution >= 4 is 27.8 Å². The predicted octanol–water partition coefficient (Wildman–Crippen LogP) is 1.79. The van der Waals surface area contributed by atoms with Crippen LogP contribution >= 0.6 is 0 Å². The summed E-state index contributed by atoms with van der Waals surface area (Å²) in [6.45, 7) is 3.62. The number of rotatable bonds is 9. The molecule has 4 rings (SSSR count). The van der Waals surface area contributed by atoms with E-state index in [0.29, 0.717) is 0 Å². The number of benzene rings is 2. The topological polar surface area (TPSA) is 113 Å². The second-order valence-corrected chi connectivity index (χ2v) is 11.0. The number of likely N-dealkylation sites (N-methyl/N-ethyl adjacent to an activating group) is 1. The molecule has 2 saturated heterocycles. The van der Waals surface area contributed by atoms with Crippen molar-refractivity contribution in [1.82, 2.24) is 14.5 Å². The molecule has 0 unspecified atom stereocenters. The van der Waals surface area contributed by atoms with E-state index in [-0.39, 0.29) is 31.0 Å². The molecule has 2 fully saturated rings. The lowest BCUT2D eigenvalue weighted by Gasteiger charge is -2.32. The number of nitrogens with zero attached hydrogens (tertiary/aromatic N) is 2. The van der Waals surface area contributed by atoms with E-state index in [1.165, 1.54) is 28.4 Å². The molecule has 1 N–H and O–H groups in total. The van der Waals surface area contributed by atoms with Crippen molar-refractivity contribution in [1.29, 1.82) is 0 Å². The number of imide groups is 1. The molecule has 2 aromatic carbocycles. The van der Waals surface area contributed by atoms with Gasteiger partial charge in [-0.3, -0.25) is 24.6 Å².